The Morgan fingerprint density at radius 2 is 0.989 bits per heavy atom. The topological polar surface area (TPSA) is 40.8 Å². The average molecular weight is 1320 g/mol. The fourth-order valence-corrected chi connectivity index (χ4v) is 14.0. The summed E-state index contributed by atoms with van der Waals surface area (Å²) < 4.78 is 16.4. The van der Waals surface area contributed by atoms with E-state index in [1.54, 1.807) is 0 Å². The SMILES string of the molecule is CC(C)(C)c1ccnc(-n2c3[c-]c(Oc4[c-]c(-n5[c-][n+]6c7c(cc(C(C)(C)C)cc75)-c5ccccc5-c5cc7c(cc5-c5cc(C(C)(C)C)cc(-n8c9ccccc9c9ccccc98)c5-6)C(C)(C)CCC7(C)C)ccc4)ccc3c3ccccc32)c1.[Pt]. The van der Waals surface area contributed by atoms with Crippen LogP contribution >= 0.6 is 0 Å². The van der Waals surface area contributed by atoms with Gasteiger partial charge in [-0.1, -0.05) is 193 Å². The number of rotatable bonds is 5. The summed E-state index contributed by atoms with van der Waals surface area (Å²) in [7, 11) is 0. The zero-order chi connectivity index (χ0) is 59.6. The first-order valence-electron chi connectivity index (χ1n) is 30.7. The van der Waals surface area contributed by atoms with Crippen molar-refractivity contribution in [1.82, 2.24) is 18.7 Å². The predicted molar refractivity (Wildman–Crippen MR) is 356 cm³/mol. The number of benzene rings is 9. The van der Waals surface area contributed by atoms with E-state index < -0.39 is 0 Å². The van der Waals surface area contributed by atoms with E-state index in [1.165, 1.54) is 66.4 Å². The van der Waals surface area contributed by atoms with Crippen LogP contribution < -0.4 is 9.30 Å². The molecule has 0 bridgehead atoms. The molecule has 1 aliphatic heterocycles. The normalized spacial score (nSPS) is 14.5. The molecule has 0 saturated carbocycles. The molecule has 1 aliphatic carbocycles. The second kappa shape index (κ2) is 19.9. The Bertz CT molecular complexity index is 4930. The Hall–Kier alpha value is -8.31. The second-order valence-electron chi connectivity index (χ2n) is 28.8. The molecule has 5 heterocycles. The third-order valence-electron chi connectivity index (χ3n) is 19.0. The van der Waals surface area contributed by atoms with Crippen molar-refractivity contribution in [1.29, 1.82) is 0 Å². The summed E-state index contributed by atoms with van der Waals surface area (Å²) in [6, 6.07) is 72.9. The molecule has 2 aliphatic rings. The van der Waals surface area contributed by atoms with Crippen LogP contribution in [0.15, 0.2) is 182 Å². The fourth-order valence-electron chi connectivity index (χ4n) is 14.0. The number of para-hydroxylation sites is 3. The zero-order valence-corrected chi connectivity index (χ0v) is 54.5. The van der Waals surface area contributed by atoms with E-state index >= 15 is 0 Å². The fraction of sp³-hybridized carbons (Fsp3) is 0.250. The molecule has 0 radical (unpaired) electrons. The Kier molecular flexibility index (Phi) is 12.9. The molecule has 0 saturated heterocycles. The van der Waals surface area contributed by atoms with Gasteiger partial charge in [0.05, 0.1) is 33.4 Å². The molecule has 6 nitrogen and oxygen atoms in total. The Morgan fingerprint density at radius 1 is 0.460 bits per heavy atom. The molecule has 7 heteroatoms. The van der Waals surface area contributed by atoms with Crippen molar-refractivity contribution in [2.24, 2.45) is 0 Å². The van der Waals surface area contributed by atoms with Crippen molar-refractivity contribution in [3.8, 4) is 67.8 Å². The van der Waals surface area contributed by atoms with Gasteiger partial charge < -0.3 is 18.4 Å². The van der Waals surface area contributed by atoms with Gasteiger partial charge in [-0.15, -0.1) is 29.7 Å². The average Bonchev–Trinajstić information content (AvgIpc) is 1.65. The van der Waals surface area contributed by atoms with Crippen LogP contribution in [0.25, 0.3) is 111 Å². The van der Waals surface area contributed by atoms with E-state index in [2.05, 4.69) is 291 Å². The number of nitrogens with zero attached hydrogens (tertiary/aromatic N) is 5. The Labute approximate surface area is 526 Å². The number of pyridine rings is 1. The van der Waals surface area contributed by atoms with Crippen LogP contribution in [0.4, 0.5) is 0 Å². The maximum absolute atomic E-state index is 6.96. The van der Waals surface area contributed by atoms with Crippen LogP contribution in [-0.4, -0.2) is 18.7 Å². The van der Waals surface area contributed by atoms with Crippen LogP contribution in [0.2, 0.25) is 0 Å². The third kappa shape index (κ3) is 9.06. The molecule has 87 heavy (non-hydrogen) atoms. The smallest absolute Gasteiger partial charge is 0.268 e. The van der Waals surface area contributed by atoms with Crippen LogP contribution in [0, 0.1) is 18.5 Å². The standard InChI is InChI=1S/C80H73N5O.Pt/c1-76(2,3)49-35-38-81-73(43-49)85-69-32-21-18-29-59(69)60-34-33-54(45-70(60)85)86-53-24-22-23-52(44-53)82-48-83-74-63(39-50(41-71(74)82)77(4,5)6)56-26-15-14-25-55(56)61-46-65-66(80(12,13)37-36-79(65,10)11)47-62(61)64-40-51(78(7,8)9)42-72(75(64)83)84-67-30-19-16-27-57(67)58-28-17-20-31-68(58)84;/h14-35,38-43,46-47H,36-37H2,1-13H3;/q-2;. The summed E-state index contributed by atoms with van der Waals surface area (Å²) in [5.41, 5.74) is 22.5. The first-order chi connectivity index (χ1) is 41.0. The molecule has 0 spiro atoms. The largest absolute Gasteiger partial charge is 0.510 e. The maximum Gasteiger partial charge on any atom is 0.268 e. The molecule has 436 valence electrons. The molecule has 9 aromatic carbocycles. The van der Waals surface area contributed by atoms with Gasteiger partial charge in [0.1, 0.15) is 5.82 Å². The monoisotopic (exact) mass is 1310 g/mol. The molecule has 0 atom stereocenters. The minimum absolute atomic E-state index is 0. The van der Waals surface area contributed by atoms with Gasteiger partial charge in [0.25, 0.3) is 6.33 Å². The van der Waals surface area contributed by atoms with Crippen LogP contribution in [-0.2, 0) is 48.1 Å². The Morgan fingerprint density at radius 3 is 1.61 bits per heavy atom. The van der Waals surface area contributed by atoms with E-state index in [9.17, 15) is 0 Å². The molecule has 0 unspecified atom stereocenters. The maximum atomic E-state index is 6.96. The number of imidazole rings is 1. The molecule has 0 N–H and O–H groups in total. The summed E-state index contributed by atoms with van der Waals surface area (Å²) in [5.74, 6) is 2.00. The van der Waals surface area contributed by atoms with E-state index in [-0.39, 0.29) is 48.1 Å². The number of hydrogen-bond donors (Lipinski definition) is 0. The van der Waals surface area contributed by atoms with E-state index in [4.69, 9.17) is 9.72 Å². The van der Waals surface area contributed by atoms with Gasteiger partial charge in [-0.25, -0.2) is 4.98 Å². The van der Waals surface area contributed by atoms with Gasteiger partial charge in [-0.2, -0.15) is 18.2 Å². The van der Waals surface area contributed by atoms with E-state index in [0.29, 0.717) is 11.5 Å². The van der Waals surface area contributed by atoms with Crippen LogP contribution in [0.5, 0.6) is 11.5 Å². The van der Waals surface area contributed by atoms with Gasteiger partial charge in [-0.05, 0) is 161 Å². The van der Waals surface area contributed by atoms with Gasteiger partial charge >= 0.3 is 0 Å². The van der Waals surface area contributed by atoms with Crippen LogP contribution in [0.1, 0.15) is 131 Å². The number of fused-ring (bicyclic) bond motifs is 14. The summed E-state index contributed by atoms with van der Waals surface area (Å²) in [4.78, 5) is 4.95. The first-order valence-corrected chi connectivity index (χ1v) is 30.7. The van der Waals surface area contributed by atoms with Crippen LogP contribution in [0.3, 0.4) is 0 Å². The van der Waals surface area contributed by atoms with Crippen molar-refractivity contribution < 1.29 is 30.4 Å². The van der Waals surface area contributed by atoms with Crippen molar-refractivity contribution in [2.75, 3.05) is 0 Å². The quantitative estimate of drug-likeness (QED) is 0.127. The van der Waals surface area contributed by atoms with Gasteiger partial charge in [0, 0.05) is 55.1 Å². The van der Waals surface area contributed by atoms with E-state index in [1.807, 2.05) is 18.3 Å². The minimum atomic E-state index is -0.216. The molecule has 13 aromatic rings. The first kappa shape index (κ1) is 56.5. The zero-order valence-electron chi connectivity index (χ0n) is 52.2. The van der Waals surface area contributed by atoms with Gasteiger partial charge in [0.2, 0.25) is 0 Å². The minimum Gasteiger partial charge on any atom is -0.510 e. The summed E-state index contributed by atoms with van der Waals surface area (Å²) >= 11 is 0. The number of aromatic nitrogens is 5. The molecular weight excluding hydrogens is 1240 g/mol. The van der Waals surface area contributed by atoms with Crippen molar-refractivity contribution >= 4 is 54.6 Å². The Balaban J connectivity index is 0.00000667. The summed E-state index contributed by atoms with van der Waals surface area (Å²) in [5, 5.41) is 4.65. The van der Waals surface area contributed by atoms with Gasteiger partial charge in [-0.3, -0.25) is 4.57 Å². The predicted octanol–water partition coefficient (Wildman–Crippen LogP) is 20.2. The van der Waals surface area contributed by atoms with Crippen molar-refractivity contribution in [3.63, 3.8) is 0 Å². The molecule has 0 amide bonds. The molecule has 0 fully saturated rings. The van der Waals surface area contributed by atoms with Crippen molar-refractivity contribution in [3.05, 3.63) is 228 Å². The number of ether oxygens (including phenoxy) is 1. The molecular formula is C80H73N5OPt-2. The van der Waals surface area contributed by atoms with Crippen molar-refractivity contribution in [2.45, 2.75) is 130 Å². The summed E-state index contributed by atoms with van der Waals surface area (Å²) in [6.45, 7) is 30.6. The van der Waals surface area contributed by atoms with E-state index in [0.717, 1.165) is 85.2 Å². The summed E-state index contributed by atoms with van der Waals surface area (Å²) in [6.07, 6.45) is 8.32. The third-order valence-corrected chi connectivity index (χ3v) is 19.0. The molecule has 4 aromatic heterocycles. The van der Waals surface area contributed by atoms with Gasteiger partial charge in [0.15, 0.2) is 0 Å². The second-order valence-corrected chi connectivity index (χ2v) is 28.8. The molecule has 15 rings (SSSR count). The number of hydrogen-bond acceptors (Lipinski definition) is 2.